The number of aryl methyl sites for hydroxylation is 2. The zero-order valence-electron chi connectivity index (χ0n) is 17.4. The first-order valence-electron chi connectivity index (χ1n) is 9.60. The maximum Gasteiger partial charge on any atom is 0.311 e. The molecule has 0 saturated carbocycles. The summed E-state index contributed by atoms with van der Waals surface area (Å²) >= 11 is 0. The van der Waals surface area contributed by atoms with Crippen LogP contribution >= 0.6 is 0 Å². The van der Waals surface area contributed by atoms with Gasteiger partial charge in [0.2, 0.25) is 0 Å². The number of anilines is 1. The highest BCUT2D eigenvalue weighted by Crippen LogP contribution is 2.28. The Kier molecular flexibility index (Phi) is 6.15. The van der Waals surface area contributed by atoms with Gasteiger partial charge in [0.05, 0.1) is 17.2 Å². The van der Waals surface area contributed by atoms with Gasteiger partial charge in [-0.2, -0.15) is 5.10 Å². The highest BCUT2D eigenvalue weighted by atomic mass is 16.6. The van der Waals surface area contributed by atoms with Gasteiger partial charge in [0.15, 0.2) is 5.75 Å². The third-order valence-electron chi connectivity index (χ3n) is 4.97. The SMILES string of the molecule is CCOc1ccc(C(=O)Nc2ccc(Cc3c(C)nn(C)c3C)cc2)cc1[N+](=O)[O-]. The average Bonchev–Trinajstić information content (AvgIpc) is 2.95. The normalized spacial score (nSPS) is 10.7. The van der Waals surface area contributed by atoms with Crippen LogP contribution in [-0.2, 0) is 13.5 Å². The van der Waals surface area contributed by atoms with Crippen molar-refractivity contribution >= 4 is 17.3 Å². The number of nitro groups is 1. The van der Waals surface area contributed by atoms with E-state index in [9.17, 15) is 14.9 Å². The molecule has 0 saturated heterocycles. The molecule has 0 bridgehead atoms. The molecule has 0 aliphatic heterocycles. The Bertz CT molecular complexity index is 1090. The van der Waals surface area contributed by atoms with Crippen molar-refractivity contribution in [1.82, 2.24) is 9.78 Å². The third-order valence-corrected chi connectivity index (χ3v) is 4.97. The quantitative estimate of drug-likeness (QED) is 0.467. The number of nitro benzene ring substituents is 1. The molecule has 8 nitrogen and oxygen atoms in total. The van der Waals surface area contributed by atoms with Crippen molar-refractivity contribution in [2.75, 3.05) is 11.9 Å². The Morgan fingerprint density at radius 1 is 1.20 bits per heavy atom. The van der Waals surface area contributed by atoms with Crippen LogP contribution in [0.5, 0.6) is 5.75 Å². The van der Waals surface area contributed by atoms with Gasteiger partial charge < -0.3 is 10.1 Å². The van der Waals surface area contributed by atoms with Crippen molar-refractivity contribution in [3.05, 3.63) is 80.7 Å². The molecule has 0 fully saturated rings. The number of nitrogens with zero attached hydrogens (tertiary/aromatic N) is 3. The van der Waals surface area contributed by atoms with Gasteiger partial charge in [-0.05, 0) is 50.6 Å². The molecule has 0 aliphatic rings. The lowest BCUT2D eigenvalue weighted by Gasteiger charge is -2.09. The van der Waals surface area contributed by atoms with Gasteiger partial charge in [-0.25, -0.2) is 0 Å². The van der Waals surface area contributed by atoms with Crippen LogP contribution in [0.25, 0.3) is 0 Å². The predicted octanol–water partition coefficient (Wildman–Crippen LogP) is 4.19. The summed E-state index contributed by atoms with van der Waals surface area (Å²) < 4.78 is 7.12. The first kappa shape index (κ1) is 21.0. The lowest BCUT2D eigenvalue weighted by molar-refractivity contribution is -0.385. The van der Waals surface area contributed by atoms with E-state index < -0.39 is 10.8 Å². The summed E-state index contributed by atoms with van der Waals surface area (Å²) in [5.74, 6) is -0.280. The van der Waals surface area contributed by atoms with Crippen molar-refractivity contribution in [3.8, 4) is 5.75 Å². The van der Waals surface area contributed by atoms with Crippen molar-refractivity contribution < 1.29 is 14.5 Å². The van der Waals surface area contributed by atoms with Crippen LogP contribution in [0.15, 0.2) is 42.5 Å². The Balaban J connectivity index is 1.73. The molecule has 1 aromatic heterocycles. The van der Waals surface area contributed by atoms with E-state index in [2.05, 4.69) is 10.4 Å². The Labute approximate surface area is 174 Å². The summed E-state index contributed by atoms with van der Waals surface area (Å²) in [4.78, 5) is 23.2. The molecule has 3 rings (SSSR count). The topological polar surface area (TPSA) is 99.3 Å². The van der Waals surface area contributed by atoms with Gasteiger partial charge >= 0.3 is 5.69 Å². The smallest absolute Gasteiger partial charge is 0.311 e. The molecule has 0 unspecified atom stereocenters. The van der Waals surface area contributed by atoms with Gasteiger partial charge in [0.25, 0.3) is 5.91 Å². The van der Waals surface area contributed by atoms with Crippen LogP contribution in [0, 0.1) is 24.0 Å². The van der Waals surface area contributed by atoms with E-state index in [-0.39, 0.29) is 17.0 Å². The minimum absolute atomic E-state index is 0.143. The molecule has 1 amide bonds. The molecule has 3 aromatic rings. The van der Waals surface area contributed by atoms with Crippen molar-refractivity contribution in [3.63, 3.8) is 0 Å². The maximum atomic E-state index is 12.5. The maximum absolute atomic E-state index is 12.5. The van der Waals surface area contributed by atoms with Crippen molar-refractivity contribution in [2.24, 2.45) is 7.05 Å². The molecule has 1 heterocycles. The fraction of sp³-hybridized carbons (Fsp3) is 0.273. The number of aromatic nitrogens is 2. The van der Waals surface area contributed by atoms with E-state index in [0.717, 1.165) is 23.4 Å². The molecule has 8 heteroatoms. The lowest BCUT2D eigenvalue weighted by atomic mass is 10.0. The Hall–Kier alpha value is -3.68. The molecular formula is C22H24N4O4. The summed E-state index contributed by atoms with van der Waals surface area (Å²) in [5.41, 5.74) is 4.99. The standard InChI is InChI=1S/C22H24N4O4/c1-5-30-21-11-8-17(13-20(21)26(28)29)22(27)23-18-9-6-16(7-10-18)12-19-14(2)24-25(4)15(19)3/h6-11,13H,5,12H2,1-4H3,(H,23,27). The first-order chi connectivity index (χ1) is 14.3. The van der Waals surface area contributed by atoms with E-state index in [1.807, 2.05) is 49.8 Å². The number of rotatable bonds is 7. The Morgan fingerprint density at radius 3 is 2.47 bits per heavy atom. The highest BCUT2D eigenvalue weighted by molar-refractivity contribution is 6.04. The average molecular weight is 408 g/mol. The summed E-state index contributed by atoms with van der Waals surface area (Å²) in [7, 11) is 1.93. The number of hydrogen-bond donors (Lipinski definition) is 1. The Morgan fingerprint density at radius 2 is 1.90 bits per heavy atom. The number of carbonyl (C=O) groups excluding carboxylic acids is 1. The zero-order chi connectivity index (χ0) is 21.8. The molecular weight excluding hydrogens is 384 g/mol. The monoisotopic (exact) mass is 408 g/mol. The zero-order valence-corrected chi connectivity index (χ0v) is 17.4. The van der Waals surface area contributed by atoms with E-state index in [4.69, 9.17) is 4.74 Å². The van der Waals surface area contributed by atoms with Crippen LogP contribution in [0.4, 0.5) is 11.4 Å². The molecule has 0 spiro atoms. The molecule has 0 atom stereocenters. The highest BCUT2D eigenvalue weighted by Gasteiger charge is 2.19. The van der Waals surface area contributed by atoms with E-state index in [1.54, 1.807) is 6.92 Å². The number of nitrogens with one attached hydrogen (secondary N) is 1. The van der Waals surface area contributed by atoms with Gasteiger partial charge in [-0.1, -0.05) is 12.1 Å². The van der Waals surface area contributed by atoms with Crippen molar-refractivity contribution in [1.29, 1.82) is 0 Å². The van der Waals surface area contributed by atoms with Gasteiger partial charge in [0.1, 0.15) is 0 Å². The van der Waals surface area contributed by atoms with E-state index >= 15 is 0 Å². The summed E-state index contributed by atoms with van der Waals surface area (Å²) in [6, 6.07) is 11.7. The van der Waals surface area contributed by atoms with Crippen LogP contribution in [0.2, 0.25) is 0 Å². The second-order valence-electron chi connectivity index (χ2n) is 6.97. The molecule has 0 radical (unpaired) electrons. The van der Waals surface area contributed by atoms with E-state index in [0.29, 0.717) is 12.3 Å². The molecule has 30 heavy (non-hydrogen) atoms. The first-order valence-corrected chi connectivity index (χ1v) is 9.60. The second-order valence-corrected chi connectivity index (χ2v) is 6.97. The number of hydrogen-bond acceptors (Lipinski definition) is 5. The number of ether oxygens (including phenoxy) is 1. The van der Waals surface area contributed by atoms with Gasteiger partial charge in [0, 0.05) is 42.0 Å². The lowest BCUT2D eigenvalue weighted by Crippen LogP contribution is -2.12. The van der Waals surface area contributed by atoms with Gasteiger partial charge in [-0.15, -0.1) is 0 Å². The third kappa shape index (κ3) is 4.48. The fourth-order valence-electron chi connectivity index (χ4n) is 3.27. The minimum atomic E-state index is -0.557. The molecule has 0 aliphatic carbocycles. The molecule has 1 N–H and O–H groups in total. The van der Waals surface area contributed by atoms with Crippen molar-refractivity contribution in [2.45, 2.75) is 27.2 Å². The van der Waals surface area contributed by atoms with Crippen LogP contribution in [-0.4, -0.2) is 27.2 Å². The summed E-state index contributed by atoms with van der Waals surface area (Å²) in [6.07, 6.45) is 0.755. The van der Waals surface area contributed by atoms with Crippen LogP contribution in [0.1, 0.15) is 39.8 Å². The largest absolute Gasteiger partial charge is 0.487 e. The van der Waals surface area contributed by atoms with E-state index in [1.165, 1.54) is 23.8 Å². The second kappa shape index (κ2) is 8.77. The molecule has 2 aromatic carbocycles. The predicted molar refractivity (Wildman–Crippen MR) is 114 cm³/mol. The van der Waals surface area contributed by atoms with Gasteiger partial charge in [-0.3, -0.25) is 19.6 Å². The number of carbonyl (C=O) groups is 1. The summed E-state index contributed by atoms with van der Waals surface area (Å²) in [6.45, 7) is 6.08. The van der Waals surface area contributed by atoms with Crippen LogP contribution in [0.3, 0.4) is 0 Å². The summed E-state index contributed by atoms with van der Waals surface area (Å²) in [5, 5.41) is 18.5. The minimum Gasteiger partial charge on any atom is -0.487 e. The molecule has 156 valence electrons. The van der Waals surface area contributed by atoms with Crippen LogP contribution < -0.4 is 10.1 Å². The number of amides is 1. The number of benzene rings is 2. The fourth-order valence-corrected chi connectivity index (χ4v) is 3.27.